The van der Waals surface area contributed by atoms with E-state index in [1.165, 1.54) is 0 Å². The van der Waals surface area contributed by atoms with Gasteiger partial charge in [-0.2, -0.15) is 0 Å². The number of benzene rings is 2. The minimum atomic E-state index is -1.19. The van der Waals surface area contributed by atoms with Gasteiger partial charge in [-0.15, -0.1) is 0 Å². The standard InChI is InChI=1S/C19H17ClN2O3/c1-12-7-9-13(10-8-12)19(2)17(24)22(18(25)21-19)11-16(23)14-5-3-4-6-15(14)20/h3-10H,11H2,1-2H3,(H,21,25)/t19-/m0/s1. The van der Waals surface area contributed by atoms with Crippen molar-refractivity contribution in [2.24, 2.45) is 0 Å². The fraction of sp³-hybridized carbons (Fsp3) is 0.211. The Balaban J connectivity index is 1.85. The number of carbonyl (C=O) groups is 3. The lowest BCUT2D eigenvalue weighted by molar-refractivity contribution is -0.130. The van der Waals surface area contributed by atoms with Crippen molar-refractivity contribution in [3.8, 4) is 0 Å². The molecule has 128 valence electrons. The molecule has 0 saturated carbocycles. The maximum atomic E-state index is 12.8. The van der Waals surface area contributed by atoms with E-state index in [1.54, 1.807) is 43.3 Å². The molecule has 1 heterocycles. The van der Waals surface area contributed by atoms with Crippen molar-refractivity contribution in [1.82, 2.24) is 10.2 Å². The van der Waals surface area contributed by atoms with Gasteiger partial charge >= 0.3 is 6.03 Å². The zero-order valence-corrected chi connectivity index (χ0v) is 14.6. The highest BCUT2D eigenvalue weighted by atomic mass is 35.5. The van der Waals surface area contributed by atoms with Crippen LogP contribution in [-0.4, -0.2) is 29.2 Å². The lowest BCUT2D eigenvalue weighted by Crippen LogP contribution is -2.41. The Hall–Kier alpha value is -2.66. The van der Waals surface area contributed by atoms with Crippen LogP contribution in [0.1, 0.15) is 28.4 Å². The molecular formula is C19H17ClN2O3. The van der Waals surface area contributed by atoms with E-state index in [-0.39, 0.29) is 17.9 Å². The molecule has 3 amide bonds. The minimum Gasteiger partial charge on any atom is -0.319 e. The first-order chi connectivity index (χ1) is 11.8. The number of ketones is 1. The fourth-order valence-corrected chi connectivity index (χ4v) is 3.08. The van der Waals surface area contributed by atoms with E-state index in [0.29, 0.717) is 10.6 Å². The van der Waals surface area contributed by atoms with E-state index in [1.807, 2.05) is 19.1 Å². The molecule has 25 heavy (non-hydrogen) atoms. The van der Waals surface area contributed by atoms with E-state index >= 15 is 0 Å². The van der Waals surface area contributed by atoms with Gasteiger partial charge in [-0.05, 0) is 31.5 Å². The Morgan fingerprint density at radius 1 is 1.12 bits per heavy atom. The highest BCUT2D eigenvalue weighted by Gasteiger charge is 2.49. The van der Waals surface area contributed by atoms with Gasteiger partial charge in [0.15, 0.2) is 5.78 Å². The summed E-state index contributed by atoms with van der Waals surface area (Å²) in [6.45, 7) is 3.23. The number of nitrogens with zero attached hydrogens (tertiary/aromatic N) is 1. The predicted octanol–water partition coefficient (Wildman–Crippen LogP) is 3.30. The summed E-state index contributed by atoms with van der Waals surface area (Å²) in [6, 6.07) is 13.3. The van der Waals surface area contributed by atoms with Gasteiger partial charge in [0, 0.05) is 5.56 Å². The van der Waals surface area contributed by atoms with Gasteiger partial charge in [0.2, 0.25) is 0 Å². The van der Waals surface area contributed by atoms with E-state index in [0.717, 1.165) is 10.5 Å². The summed E-state index contributed by atoms with van der Waals surface area (Å²) in [5, 5.41) is 2.98. The third-order valence-electron chi connectivity index (χ3n) is 4.38. The Labute approximate surface area is 150 Å². The molecule has 0 aliphatic carbocycles. The van der Waals surface area contributed by atoms with Crippen molar-refractivity contribution >= 4 is 29.3 Å². The van der Waals surface area contributed by atoms with Gasteiger partial charge in [-0.25, -0.2) is 4.79 Å². The fourth-order valence-electron chi connectivity index (χ4n) is 2.84. The van der Waals surface area contributed by atoms with Crippen LogP contribution >= 0.6 is 11.6 Å². The zero-order chi connectivity index (χ0) is 18.2. The number of urea groups is 1. The van der Waals surface area contributed by atoms with Crippen LogP contribution in [-0.2, 0) is 10.3 Å². The summed E-state index contributed by atoms with van der Waals surface area (Å²) >= 11 is 6.02. The molecule has 1 N–H and O–H groups in total. The first-order valence-corrected chi connectivity index (χ1v) is 8.20. The number of Topliss-reactive ketones (excluding diaryl/α,β-unsaturated/α-hetero) is 1. The van der Waals surface area contributed by atoms with Crippen LogP contribution in [0.5, 0.6) is 0 Å². The second-order valence-corrected chi connectivity index (χ2v) is 6.62. The Morgan fingerprint density at radius 3 is 2.40 bits per heavy atom. The number of hydrogen-bond donors (Lipinski definition) is 1. The summed E-state index contributed by atoms with van der Waals surface area (Å²) in [4.78, 5) is 38.5. The maximum absolute atomic E-state index is 12.8. The van der Waals surface area contributed by atoms with Gasteiger partial charge in [-0.3, -0.25) is 14.5 Å². The third-order valence-corrected chi connectivity index (χ3v) is 4.71. The molecular weight excluding hydrogens is 340 g/mol. The molecule has 0 bridgehead atoms. The number of nitrogens with one attached hydrogen (secondary N) is 1. The summed E-state index contributed by atoms with van der Waals surface area (Å²) in [6.07, 6.45) is 0. The Kier molecular flexibility index (Phi) is 4.35. The van der Waals surface area contributed by atoms with Crippen molar-refractivity contribution in [2.45, 2.75) is 19.4 Å². The number of carbonyl (C=O) groups excluding carboxylic acids is 3. The third kappa shape index (κ3) is 3.03. The SMILES string of the molecule is Cc1ccc([C@]2(C)NC(=O)N(CC(=O)c3ccccc3Cl)C2=O)cc1. The van der Waals surface area contributed by atoms with Crippen LogP contribution in [0.2, 0.25) is 5.02 Å². The van der Waals surface area contributed by atoms with Gasteiger partial charge < -0.3 is 5.32 Å². The van der Waals surface area contributed by atoms with Gasteiger partial charge in [0.25, 0.3) is 5.91 Å². The average molecular weight is 357 g/mol. The number of hydrogen-bond acceptors (Lipinski definition) is 3. The monoisotopic (exact) mass is 356 g/mol. The number of imide groups is 1. The molecule has 1 aliphatic heterocycles. The van der Waals surface area contributed by atoms with E-state index in [2.05, 4.69) is 5.32 Å². The molecule has 2 aromatic rings. The summed E-state index contributed by atoms with van der Waals surface area (Å²) in [7, 11) is 0. The molecule has 1 fully saturated rings. The second kappa shape index (κ2) is 6.33. The van der Waals surface area contributed by atoms with Crippen LogP contribution in [0.4, 0.5) is 4.79 Å². The van der Waals surface area contributed by atoms with Crippen LogP contribution in [0, 0.1) is 6.92 Å². The maximum Gasteiger partial charge on any atom is 0.325 e. The Morgan fingerprint density at radius 2 is 1.76 bits per heavy atom. The van der Waals surface area contributed by atoms with Crippen LogP contribution in [0.15, 0.2) is 48.5 Å². The molecule has 1 saturated heterocycles. The number of amides is 3. The lowest BCUT2D eigenvalue weighted by atomic mass is 9.91. The molecule has 0 spiro atoms. The van der Waals surface area contributed by atoms with Gasteiger partial charge in [0.05, 0.1) is 11.6 Å². The summed E-state index contributed by atoms with van der Waals surface area (Å²) < 4.78 is 0. The molecule has 0 aromatic heterocycles. The van der Waals surface area contributed by atoms with E-state index in [9.17, 15) is 14.4 Å². The quantitative estimate of drug-likeness (QED) is 0.675. The molecule has 2 aromatic carbocycles. The molecule has 0 radical (unpaired) electrons. The first-order valence-electron chi connectivity index (χ1n) is 7.82. The summed E-state index contributed by atoms with van der Waals surface area (Å²) in [5.41, 5.74) is 0.818. The summed E-state index contributed by atoms with van der Waals surface area (Å²) in [5.74, 6) is -0.844. The molecule has 3 rings (SSSR count). The number of aryl methyl sites for hydroxylation is 1. The van der Waals surface area contributed by atoms with Crippen molar-refractivity contribution in [2.75, 3.05) is 6.54 Å². The van der Waals surface area contributed by atoms with Gasteiger partial charge in [-0.1, -0.05) is 53.6 Å². The normalized spacial score (nSPS) is 19.9. The first kappa shape index (κ1) is 17.2. The van der Waals surface area contributed by atoms with E-state index in [4.69, 9.17) is 11.6 Å². The van der Waals surface area contributed by atoms with E-state index < -0.39 is 17.5 Å². The average Bonchev–Trinajstić information content (AvgIpc) is 2.80. The van der Waals surface area contributed by atoms with Crippen LogP contribution < -0.4 is 5.32 Å². The highest BCUT2D eigenvalue weighted by Crippen LogP contribution is 2.29. The van der Waals surface area contributed by atoms with Gasteiger partial charge in [0.1, 0.15) is 5.54 Å². The number of halogens is 1. The highest BCUT2D eigenvalue weighted by molar-refractivity contribution is 6.34. The zero-order valence-electron chi connectivity index (χ0n) is 13.9. The molecule has 1 atom stereocenters. The largest absolute Gasteiger partial charge is 0.325 e. The van der Waals surface area contributed by atoms with Crippen LogP contribution in [0.3, 0.4) is 0 Å². The second-order valence-electron chi connectivity index (χ2n) is 6.22. The molecule has 5 nitrogen and oxygen atoms in total. The van der Waals surface area contributed by atoms with Crippen molar-refractivity contribution in [3.05, 3.63) is 70.2 Å². The van der Waals surface area contributed by atoms with Crippen LogP contribution in [0.25, 0.3) is 0 Å². The molecule has 6 heteroatoms. The topological polar surface area (TPSA) is 66.5 Å². The molecule has 1 aliphatic rings. The van der Waals surface area contributed by atoms with Crippen molar-refractivity contribution in [3.63, 3.8) is 0 Å². The number of rotatable bonds is 4. The molecule has 0 unspecified atom stereocenters. The van der Waals surface area contributed by atoms with Crippen molar-refractivity contribution < 1.29 is 14.4 Å². The predicted molar refractivity (Wildman–Crippen MR) is 94.6 cm³/mol. The van der Waals surface area contributed by atoms with Crippen molar-refractivity contribution in [1.29, 1.82) is 0 Å². The minimum absolute atomic E-state index is 0.286. The lowest BCUT2D eigenvalue weighted by Gasteiger charge is -2.22. The Bertz CT molecular complexity index is 863. The smallest absolute Gasteiger partial charge is 0.319 e.